The van der Waals surface area contributed by atoms with E-state index in [-0.39, 0.29) is 0 Å². The van der Waals surface area contributed by atoms with Crippen molar-refractivity contribution in [2.45, 2.75) is 33.4 Å². The number of aromatic nitrogens is 2. The van der Waals surface area contributed by atoms with Gasteiger partial charge in [-0.3, -0.25) is 0 Å². The summed E-state index contributed by atoms with van der Waals surface area (Å²) < 4.78 is 2.15. The standard InChI is InChI=1S/C14H18ClN3/c1-10(2)18-9-16-7-12(18)8-17-14-11(3)5-4-6-13(14)15/h4-7,9-10,17H,8H2,1-3H3. The second-order valence-corrected chi connectivity index (χ2v) is 5.08. The number of benzene rings is 1. The number of hydrogen-bond acceptors (Lipinski definition) is 2. The van der Waals surface area contributed by atoms with Crippen LogP contribution in [0.3, 0.4) is 0 Å². The molecule has 2 aromatic rings. The average Bonchev–Trinajstić information content (AvgIpc) is 2.76. The van der Waals surface area contributed by atoms with E-state index in [1.54, 1.807) is 0 Å². The molecule has 0 aliphatic rings. The van der Waals surface area contributed by atoms with Crippen LogP contribution >= 0.6 is 11.6 Å². The van der Waals surface area contributed by atoms with E-state index < -0.39 is 0 Å². The molecule has 0 saturated heterocycles. The van der Waals surface area contributed by atoms with Gasteiger partial charge >= 0.3 is 0 Å². The SMILES string of the molecule is Cc1cccc(Cl)c1NCc1cncn1C(C)C. The Bertz CT molecular complexity index is 511. The van der Waals surface area contributed by atoms with Gasteiger partial charge in [0.15, 0.2) is 0 Å². The van der Waals surface area contributed by atoms with Crippen molar-refractivity contribution >= 4 is 17.3 Å². The van der Waals surface area contributed by atoms with Gasteiger partial charge in [-0.15, -0.1) is 0 Å². The van der Waals surface area contributed by atoms with Gasteiger partial charge in [0, 0.05) is 12.2 Å². The second-order valence-electron chi connectivity index (χ2n) is 4.67. The molecule has 0 bridgehead atoms. The van der Waals surface area contributed by atoms with Crippen LogP contribution in [0, 0.1) is 6.92 Å². The van der Waals surface area contributed by atoms with Crippen LogP contribution < -0.4 is 5.32 Å². The molecule has 0 unspecified atom stereocenters. The van der Waals surface area contributed by atoms with Gasteiger partial charge in [-0.2, -0.15) is 0 Å². The Kier molecular flexibility index (Phi) is 3.92. The second kappa shape index (κ2) is 5.44. The van der Waals surface area contributed by atoms with Crippen molar-refractivity contribution in [3.05, 3.63) is 47.0 Å². The molecule has 1 N–H and O–H groups in total. The highest BCUT2D eigenvalue weighted by Gasteiger charge is 2.07. The van der Waals surface area contributed by atoms with E-state index in [0.29, 0.717) is 6.04 Å². The fourth-order valence-electron chi connectivity index (χ4n) is 1.97. The molecular formula is C14H18ClN3. The van der Waals surface area contributed by atoms with Crippen LogP contribution in [0.5, 0.6) is 0 Å². The van der Waals surface area contributed by atoms with Crippen molar-refractivity contribution in [2.24, 2.45) is 0 Å². The van der Waals surface area contributed by atoms with E-state index in [1.165, 1.54) is 0 Å². The van der Waals surface area contributed by atoms with Crippen molar-refractivity contribution in [3.63, 3.8) is 0 Å². The minimum atomic E-state index is 0.414. The number of para-hydroxylation sites is 1. The van der Waals surface area contributed by atoms with Crippen LogP contribution in [0.1, 0.15) is 31.1 Å². The Hall–Kier alpha value is -1.48. The number of anilines is 1. The molecule has 96 valence electrons. The first kappa shape index (κ1) is 13.0. The quantitative estimate of drug-likeness (QED) is 0.902. The van der Waals surface area contributed by atoms with Crippen LogP contribution in [-0.2, 0) is 6.54 Å². The lowest BCUT2D eigenvalue weighted by atomic mass is 10.2. The van der Waals surface area contributed by atoms with E-state index in [1.807, 2.05) is 37.6 Å². The molecule has 1 aromatic carbocycles. The first-order chi connectivity index (χ1) is 8.59. The molecule has 1 aromatic heterocycles. The Labute approximate surface area is 113 Å². The fourth-order valence-corrected chi connectivity index (χ4v) is 2.26. The lowest BCUT2D eigenvalue weighted by Gasteiger charge is -2.14. The molecule has 2 rings (SSSR count). The molecule has 0 fully saturated rings. The van der Waals surface area contributed by atoms with Crippen LogP contribution in [-0.4, -0.2) is 9.55 Å². The van der Waals surface area contributed by atoms with Gasteiger partial charge in [0.2, 0.25) is 0 Å². The van der Waals surface area contributed by atoms with Crippen molar-refractivity contribution in [1.82, 2.24) is 9.55 Å². The van der Waals surface area contributed by atoms with Crippen LogP contribution in [0.2, 0.25) is 5.02 Å². The molecule has 18 heavy (non-hydrogen) atoms. The number of hydrogen-bond donors (Lipinski definition) is 1. The van der Waals surface area contributed by atoms with Crippen LogP contribution in [0.25, 0.3) is 0 Å². The van der Waals surface area contributed by atoms with Gasteiger partial charge in [0.05, 0.1) is 29.3 Å². The van der Waals surface area contributed by atoms with Gasteiger partial charge in [-0.05, 0) is 32.4 Å². The predicted molar refractivity (Wildman–Crippen MR) is 76.1 cm³/mol. The van der Waals surface area contributed by atoms with Crippen LogP contribution in [0.15, 0.2) is 30.7 Å². The van der Waals surface area contributed by atoms with Gasteiger partial charge in [0.1, 0.15) is 0 Å². The third kappa shape index (κ3) is 2.67. The zero-order valence-electron chi connectivity index (χ0n) is 10.9. The summed E-state index contributed by atoms with van der Waals surface area (Å²) in [7, 11) is 0. The van der Waals surface area contributed by atoms with Crippen molar-refractivity contribution in [2.75, 3.05) is 5.32 Å². The molecule has 0 aliphatic carbocycles. The maximum Gasteiger partial charge on any atom is 0.0951 e. The molecule has 0 atom stereocenters. The predicted octanol–water partition coefficient (Wildman–Crippen LogP) is 4.04. The zero-order chi connectivity index (χ0) is 13.1. The monoisotopic (exact) mass is 263 g/mol. The Morgan fingerprint density at radius 1 is 1.39 bits per heavy atom. The van der Waals surface area contributed by atoms with Gasteiger partial charge in [0.25, 0.3) is 0 Å². The summed E-state index contributed by atoms with van der Waals surface area (Å²) in [5.41, 5.74) is 3.30. The van der Waals surface area contributed by atoms with Crippen molar-refractivity contribution < 1.29 is 0 Å². The summed E-state index contributed by atoms with van der Waals surface area (Å²) in [5.74, 6) is 0. The van der Waals surface area contributed by atoms with Crippen LogP contribution in [0.4, 0.5) is 5.69 Å². The summed E-state index contributed by atoms with van der Waals surface area (Å²) in [6.45, 7) is 7.06. The summed E-state index contributed by atoms with van der Waals surface area (Å²) in [6, 6.07) is 6.32. The molecule has 0 amide bonds. The number of nitrogens with one attached hydrogen (secondary N) is 1. The minimum absolute atomic E-state index is 0.414. The fraction of sp³-hybridized carbons (Fsp3) is 0.357. The summed E-state index contributed by atoms with van der Waals surface area (Å²) >= 11 is 6.19. The summed E-state index contributed by atoms with van der Waals surface area (Å²) in [6.07, 6.45) is 3.75. The Balaban J connectivity index is 2.14. The summed E-state index contributed by atoms with van der Waals surface area (Å²) in [4.78, 5) is 4.19. The molecule has 0 radical (unpaired) electrons. The van der Waals surface area contributed by atoms with E-state index in [0.717, 1.165) is 28.5 Å². The first-order valence-electron chi connectivity index (χ1n) is 6.09. The molecule has 0 spiro atoms. The zero-order valence-corrected chi connectivity index (χ0v) is 11.7. The van der Waals surface area contributed by atoms with Gasteiger partial charge in [-0.25, -0.2) is 4.98 Å². The van der Waals surface area contributed by atoms with E-state index in [9.17, 15) is 0 Å². The number of rotatable bonds is 4. The molecule has 1 heterocycles. The third-order valence-corrected chi connectivity index (χ3v) is 3.29. The van der Waals surface area contributed by atoms with E-state index in [4.69, 9.17) is 11.6 Å². The van der Waals surface area contributed by atoms with Crippen molar-refractivity contribution in [3.8, 4) is 0 Å². The number of imidazole rings is 1. The molecule has 4 heteroatoms. The Morgan fingerprint density at radius 2 is 2.17 bits per heavy atom. The average molecular weight is 264 g/mol. The van der Waals surface area contributed by atoms with E-state index >= 15 is 0 Å². The summed E-state index contributed by atoms with van der Waals surface area (Å²) in [5, 5.41) is 4.14. The smallest absolute Gasteiger partial charge is 0.0951 e. The molecular weight excluding hydrogens is 246 g/mol. The number of aryl methyl sites for hydroxylation is 1. The maximum atomic E-state index is 6.19. The van der Waals surface area contributed by atoms with Crippen molar-refractivity contribution in [1.29, 1.82) is 0 Å². The highest BCUT2D eigenvalue weighted by atomic mass is 35.5. The van der Waals surface area contributed by atoms with Gasteiger partial charge < -0.3 is 9.88 Å². The third-order valence-electron chi connectivity index (χ3n) is 2.97. The maximum absolute atomic E-state index is 6.19. The molecule has 3 nitrogen and oxygen atoms in total. The minimum Gasteiger partial charge on any atom is -0.378 e. The largest absolute Gasteiger partial charge is 0.378 e. The highest BCUT2D eigenvalue weighted by Crippen LogP contribution is 2.25. The first-order valence-corrected chi connectivity index (χ1v) is 6.47. The molecule has 0 aliphatic heterocycles. The topological polar surface area (TPSA) is 29.9 Å². The number of nitrogens with zero attached hydrogens (tertiary/aromatic N) is 2. The highest BCUT2D eigenvalue weighted by molar-refractivity contribution is 6.33. The lowest BCUT2D eigenvalue weighted by molar-refractivity contribution is 0.577. The van der Waals surface area contributed by atoms with Gasteiger partial charge in [-0.1, -0.05) is 23.7 Å². The van der Waals surface area contributed by atoms with E-state index in [2.05, 4.69) is 28.7 Å². The number of halogens is 1. The Morgan fingerprint density at radius 3 is 2.83 bits per heavy atom. The normalized spacial score (nSPS) is 10.9. The lowest BCUT2D eigenvalue weighted by Crippen LogP contribution is -2.09. The molecule has 0 saturated carbocycles.